The van der Waals surface area contributed by atoms with Crippen LogP contribution in [0.25, 0.3) is 0 Å². The molecule has 8 heteroatoms. The number of hydrogen-bond acceptors (Lipinski definition) is 4. The maximum atomic E-state index is 12.2. The Morgan fingerprint density at radius 2 is 1.90 bits per heavy atom. The molecule has 4 N–H and O–H groups in total. The lowest BCUT2D eigenvalue weighted by molar-refractivity contribution is -0.115. The Morgan fingerprint density at radius 3 is 2.43 bits per heavy atom. The van der Waals surface area contributed by atoms with Gasteiger partial charge in [0.1, 0.15) is 12.1 Å². The van der Waals surface area contributed by atoms with Crippen molar-refractivity contribution in [1.29, 1.82) is 0 Å². The van der Waals surface area contributed by atoms with Crippen LogP contribution in [0.15, 0.2) is 18.2 Å². The van der Waals surface area contributed by atoms with E-state index in [1.54, 1.807) is 20.8 Å². The summed E-state index contributed by atoms with van der Waals surface area (Å²) in [6.45, 7) is 3.89. The molecule has 1 rings (SSSR count). The Balaban J connectivity index is 2.75. The Kier molecular flexibility index (Phi) is 4.93. The number of rotatable bonds is 3. The summed E-state index contributed by atoms with van der Waals surface area (Å²) in [5, 5.41) is 4.60. The molecule has 0 atom stereocenters. The van der Waals surface area contributed by atoms with Crippen LogP contribution in [0, 0.1) is 0 Å². The van der Waals surface area contributed by atoms with Crippen LogP contribution in [0.3, 0.4) is 0 Å². The highest BCUT2D eigenvalue weighted by atomic mass is 19.4. The average molecular weight is 305 g/mol. The number of halogens is 3. The molecule has 0 bridgehead atoms. The Morgan fingerprint density at radius 1 is 1.29 bits per heavy atom. The molecule has 1 amide bonds. The molecule has 0 unspecified atom stereocenters. The van der Waals surface area contributed by atoms with E-state index in [9.17, 15) is 18.0 Å². The van der Waals surface area contributed by atoms with E-state index in [0.29, 0.717) is 0 Å². The molecule has 0 radical (unpaired) electrons. The van der Waals surface area contributed by atoms with Gasteiger partial charge in [0.25, 0.3) is 0 Å². The number of alkyl halides is 3. The van der Waals surface area contributed by atoms with Crippen LogP contribution in [0.2, 0.25) is 0 Å². The lowest BCUT2D eigenvalue weighted by atomic mass is 10.2. The first-order valence-corrected chi connectivity index (χ1v) is 6.16. The van der Waals surface area contributed by atoms with Gasteiger partial charge in [-0.25, -0.2) is 4.79 Å². The second-order valence-electron chi connectivity index (χ2n) is 5.40. The molecule has 0 aliphatic rings. The van der Waals surface area contributed by atoms with Gasteiger partial charge < -0.3 is 15.8 Å². The molecule has 0 heterocycles. The third-order valence-electron chi connectivity index (χ3n) is 2.18. The Hall–Kier alpha value is -2.12. The van der Waals surface area contributed by atoms with Gasteiger partial charge in [0.2, 0.25) is 0 Å². The molecule has 0 aliphatic heterocycles. The highest BCUT2D eigenvalue weighted by Crippen LogP contribution is 2.25. The van der Waals surface area contributed by atoms with Gasteiger partial charge in [0.15, 0.2) is 0 Å². The van der Waals surface area contributed by atoms with Crippen molar-refractivity contribution in [3.8, 4) is 0 Å². The fourth-order valence-corrected chi connectivity index (χ4v) is 1.40. The number of anilines is 3. The molecule has 0 fully saturated rings. The molecule has 0 saturated heterocycles. The zero-order valence-electron chi connectivity index (χ0n) is 12.0. The number of hydrogen-bond donors (Lipinski definition) is 3. The summed E-state index contributed by atoms with van der Waals surface area (Å²) in [6, 6.07) is 4.18. The molecule has 21 heavy (non-hydrogen) atoms. The number of benzene rings is 1. The average Bonchev–Trinajstić information content (AvgIpc) is 2.26. The van der Waals surface area contributed by atoms with Crippen molar-refractivity contribution >= 4 is 23.2 Å². The van der Waals surface area contributed by atoms with E-state index in [4.69, 9.17) is 10.5 Å². The maximum Gasteiger partial charge on any atom is 0.412 e. The van der Waals surface area contributed by atoms with Crippen LogP contribution < -0.4 is 16.4 Å². The minimum absolute atomic E-state index is 0.0842. The van der Waals surface area contributed by atoms with Crippen LogP contribution >= 0.6 is 0 Å². The molecular formula is C13H18F3N3O2. The fraction of sp³-hybridized carbons (Fsp3) is 0.462. The number of carbonyl (C=O) groups is 1. The van der Waals surface area contributed by atoms with Gasteiger partial charge in [0.05, 0.1) is 11.4 Å². The van der Waals surface area contributed by atoms with E-state index in [0.717, 1.165) is 0 Å². The SMILES string of the molecule is CC(C)(C)OC(=O)Nc1ccc(N)c(NCC(F)(F)F)c1. The summed E-state index contributed by atoms with van der Waals surface area (Å²) in [6.07, 6.45) is -5.06. The number of amides is 1. The Bertz CT molecular complexity index is 510. The smallest absolute Gasteiger partial charge is 0.412 e. The van der Waals surface area contributed by atoms with E-state index in [-0.39, 0.29) is 17.1 Å². The quantitative estimate of drug-likeness (QED) is 0.746. The number of nitrogen functional groups attached to an aromatic ring is 1. The minimum atomic E-state index is -4.36. The monoisotopic (exact) mass is 305 g/mol. The van der Waals surface area contributed by atoms with E-state index in [1.165, 1.54) is 18.2 Å². The molecule has 0 saturated carbocycles. The van der Waals surface area contributed by atoms with Crippen molar-refractivity contribution in [3.05, 3.63) is 18.2 Å². The predicted molar refractivity (Wildman–Crippen MR) is 75.3 cm³/mol. The van der Waals surface area contributed by atoms with Crippen LogP contribution in [0.5, 0.6) is 0 Å². The number of ether oxygens (including phenoxy) is 1. The summed E-state index contributed by atoms with van der Waals surface area (Å²) in [4.78, 5) is 11.6. The van der Waals surface area contributed by atoms with Gasteiger partial charge in [0, 0.05) is 5.69 Å². The van der Waals surface area contributed by atoms with Crippen molar-refractivity contribution in [2.24, 2.45) is 0 Å². The summed E-state index contributed by atoms with van der Waals surface area (Å²) in [5.74, 6) is 0. The number of carbonyl (C=O) groups excluding carboxylic acids is 1. The second-order valence-corrected chi connectivity index (χ2v) is 5.40. The molecule has 0 aliphatic carbocycles. The van der Waals surface area contributed by atoms with Crippen molar-refractivity contribution in [2.75, 3.05) is 22.9 Å². The standard InChI is InChI=1S/C13H18F3N3O2/c1-12(2,3)21-11(20)19-8-4-5-9(17)10(6-8)18-7-13(14,15)16/h4-6,18H,7,17H2,1-3H3,(H,19,20). The first kappa shape index (κ1) is 16.9. The summed E-state index contributed by atoms with van der Waals surface area (Å²) in [5.41, 5.74) is 5.42. The Labute approximate surface area is 120 Å². The van der Waals surface area contributed by atoms with E-state index < -0.39 is 24.4 Å². The van der Waals surface area contributed by atoms with Crippen LogP contribution in [-0.4, -0.2) is 24.4 Å². The summed E-state index contributed by atoms with van der Waals surface area (Å²) in [7, 11) is 0. The zero-order chi connectivity index (χ0) is 16.3. The highest BCUT2D eigenvalue weighted by Gasteiger charge is 2.27. The largest absolute Gasteiger partial charge is 0.444 e. The van der Waals surface area contributed by atoms with Gasteiger partial charge in [-0.3, -0.25) is 5.32 Å². The molecule has 118 valence electrons. The maximum absolute atomic E-state index is 12.2. The molecule has 1 aromatic carbocycles. The molecular weight excluding hydrogens is 287 g/mol. The fourth-order valence-electron chi connectivity index (χ4n) is 1.40. The number of nitrogens with two attached hydrogens (primary N) is 1. The third kappa shape index (κ3) is 6.73. The van der Waals surface area contributed by atoms with E-state index >= 15 is 0 Å². The highest BCUT2D eigenvalue weighted by molar-refractivity contribution is 5.87. The first-order valence-electron chi connectivity index (χ1n) is 6.16. The van der Waals surface area contributed by atoms with Crippen molar-refractivity contribution in [2.45, 2.75) is 32.5 Å². The lowest BCUT2D eigenvalue weighted by Gasteiger charge is -2.20. The topological polar surface area (TPSA) is 76.4 Å². The zero-order valence-corrected chi connectivity index (χ0v) is 12.0. The lowest BCUT2D eigenvalue weighted by Crippen LogP contribution is -2.27. The van der Waals surface area contributed by atoms with Gasteiger partial charge in [-0.05, 0) is 39.0 Å². The normalized spacial score (nSPS) is 11.9. The molecule has 5 nitrogen and oxygen atoms in total. The van der Waals surface area contributed by atoms with Gasteiger partial charge in [-0.2, -0.15) is 13.2 Å². The van der Waals surface area contributed by atoms with Crippen LogP contribution in [-0.2, 0) is 4.74 Å². The number of nitrogens with one attached hydrogen (secondary N) is 2. The molecule has 0 aromatic heterocycles. The van der Waals surface area contributed by atoms with Gasteiger partial charge in [-0.15, -0.1) is 0 Å². The van der Waals surface area contributed by atoms with Crippen molar-refractivity contribution < 1.29 is 22.7 Å². The third-order valence-corrected chi connectivity index (χ3v) is 2.18. The van der Waals surface area contributed by atoms with E-state index in [2.05, 4.69) is 10.6 Å². The van der Waals surface area contributed by atoms with Crippen LogP contribution in [0.1, 0.15) is 20.8 Å². The second kappa shape index (κ2) is 6.11. The van der Waals surface area contributed by atoms with Gasteiger partial charge >= 0.3 is 12.3 Å². The molecule has 0 spiro atoms. The molecule has 1 aromatic rings. The van der Waals surface area contributed by atoms with Gasteiger partial charge in [-0.1, -0.05) is 0 Å². The van der Waals surface area contributed by atoms with Crippen molar-refractivity contribution in [3.63, 3.8) is 0 Å². The first-order chi connectivity index (χ1) is 9.46. The van der Waals surface area contributed by atoms with Crippen molar-refractivity contribution in [1.82, 2.24) is 0 Å². The van der Waals surface area contributed by atoms with Crippen LogP contribution in [0.4, 0.5) is 35.0 Å². The summed E-state index contributed by atoms with van der Waals surface area (Å²) >= 11 is 0. The van der Waals surface area contributed by atoms with E-state index in [1.807, 2.05) is 0 Å². The summed E-state index contributed by atoms with van der Waals surface area (Å²) < 4.78 is 41.6. The minimum Gasteiger partial charge on any atom is -0.444 e. The predicted octanol–water partition coefficient (Wildman–Crippen LogP) is 3.59.